The van der Waals surface area contributed by atoms with Crippen molar-refractivity contribution in [2.24, 2.45) is 29.4 Å². The first-order valence-electron chi connectivity index (χ1n) is 6.26. The molecule has 1 nitrogen and oxygen atoms in total. The van der Waals surface area contributed by atoms with Gasteiger partial charge in [0.05, 0.1) is 0 Å². The van der Waals surface area contributed by atoms with Crippen LogP contribution in [-0.2, 0) is 0 Å². The van der Waals surface area contributed by atoms with Crippen molar-refractivity contribution in [3.63, 3.8) is 0 Å². The van der Waals surface area contributed by atoms with Gasteiger partial charge in [-0.2, -0.15) is 0 Å². The molecule has 0 heterocycles. The Kier molecular flexibility index (Phi) is 2.16. The first kappa shape index (κ1) is 8.96. The predicted octanol–water partition coefficient (Wildman–Crippen LogP) is 2.72. The van der Waals surface area contributed by atoms with E-state index in [0.717, 1.165) is 30.2 Å². The molecule has 0 saturated heterocycles. The zero-order valence-electron chi connectivity index (χ0n) is 8.91. The lowest BCUT2D eigenvalue weighted by atomic mass is 9.66. The molecule has 78 valence electrons. The second-order valence-electron chi connectivity index (χ2n) is 5.60. The van der Waals surface area contributed by atoms with Crippen molar-refractivity contribution < 1.29 is 0 Å². The number of hydrogen-bond donors (Lipinski definition) is 1. The summed E-state index contributed by atoms with van der Waals surface area (Å²) in [5.41, 5.74) is 7.52. The summed E-state index contributed by atoms with van der Waals surface area (Å²) in [6, 6.07) is 0. The fourth-order valence-corrected chi connectivity index (χ4v) is 3.53. The van der Waals surface area contributed by atoms with Crippen LogP contribution < -0.4 is 5.73 Å². The van der Waals surface area contributed by atoms with Crippen molar-refractivity contribution in [2.45, 2.75) is 38.5 Å². The molecular weight excluding hydrogens is 170 g/mol. The molecule has 0 unspecified atom stereocenters. The lowest BCUT2D eigenvalue weighted by Crippen LogP contribution is -2.37. The molecule has 0 aromatic carbocycles. The van der Waals surface area contributed by atoms with Gasteiger partial charge in [-0.05, 0) is 49.5 Å². The number of hydrogen-bond acceptors (Lipinski definition) is 1. The van der Waals surface area contributed by atoms with E-state index >= 15 is 0 Å². The highest BCUT2D eigenvalue weighted by atomic mass is 14.6. The third-order valence-electron chi connectivity index (χ3n) is 4.73. The number of nitrogens with two attached hydrogens (primary N) is 1. The fraction of sp³-hybridized carbons (Fsp3) is 0.846. The van der Waals surface area contributed by atoms with Gasteiger partial charge in [-0.25, -0.2) is 0 Å². The summed E-state index contributed by atoms with van der Waals surface area (Å²) in [5, 5.41) is 0. The third-order valence-corrected chi connectivity index (χ3v) is 4.73. The van der Waals surface area contributed by atoms with E-state index in [1.165, 1.54) is 38.5 Å². The molecule has 2 saturated carbocycles. The Hall–Kier alpha value is -0.300. The summed E-state index contributed by atoms with van der Waals surface area (Å²) >= 11 is 0. The van der Waals surface area contributed by atoms with Crippen LogP contribution in [0.15, 0.2) is 11.6 Å². The van der Waals surface area contributed by atoms with Crippen LogP contribution in [0.2, 0.25) is 0 Å². The molecule has 14 heavy (non-hydrogen) atoms. The lowest BCUT2D eigenvalue weighted by molar-refractivity contribution is 0.136. The van der Waals surface area contributed by atoms with Crippen LogP contribution in [0.4, 0.5) is 0 Å². The van der Waals surface area contributed by atoms with Crippen LogP contribution in [-0.4, -0.2) is 6.54 Å². The molecule has 2 N–H and O–H groups in total. The van der Waals surface area contributed by atoms with E-state index in [4.69, 9.17) is 5.73 Å². The van der Waals surface area contributed by atoms with Crippen LogP contribution in [0, 0.1) is 23.7 Å². The van der Waals surface area contributed by atoms with Crippen molar-refractivity contribution in [3.05, 3.63) is 11.6 Å². The maximum absolute atomic E-state index is 5.74. The van der Waals surface area contributed by atoms with E-state index in [1.54, 1.807) is 5.57 Å². The lowest BCUT2D eigenvalue weighted by Gasteiger charge is -2.39. The molecule has 3 atom stereocenters. The zero-order valence-corrected chi connectivity index (χ0v) is 8.91. The Morgan fingerprint density at radius 3 is 2.86 bits per heavy atom. The van der Waals surface area contributed by atoms with E-state index in [0.29, 0.717) is 0 Å². The fourth-order valence-electron chi connectivity index (χ4n) is 3.53. The van der Waals surface area contributed by atoms with Crippen molar-refractivity contribution in [2.75, 3.05) is 6.54 Å². The van der Waals surface area contributed by atoms with Gasteiger partial charge in [-0.15, -0.1) is 0 Å². The molecule has 3 rings (SSSR count). The van der Waals surface area contributed by atoms with Gasteiger partial charge in [-0.3, -0.25) is 0 Å². The van der Waals surface area contributed by atoms with E-state index in [9.17, 15) is 0 Å². The van der Waals surface area contributed by atoms with Crippen molar-refractivity contribution in [1.29, 1.82) is 0 Å². The Bertz CT molecular complexity index is 252. The van der Waals surface area contributed by atoms with Crippen LogP contribution in [0.5, 0.6) is 0 Å². The molecule has 3 aliphatic rings. The van der Waals surface area contributed by atoms with Crippen LogP contribution in [0.1, 0.15) is 38.5 Å². The van der Waals surface area contributed by atoms with Gasteiger partial charge in [0, 0.05) is 0 Å². The summed E-state index contributed by atoms with van der Waals surface area (Å²) in [7, 11) is 0. The van der Waals surface area contributed by atoms with Gasteiger partial charge >= 0.3 is 0 Å². The summed E-state index contributed by atoms with van der Waals surface area (Å²) < 4.78 is 0. The Morgan fingerprint density at radius 2 is 2.21 bits per heavy atom. The standard InChI is InChI=1S/C13H21N/c14-8-12-7-11-5-10(6-13(11)12)4-9-2-1-3-9/h6,9,11-13H,1-5,7-8,14H2/t11-,12+,13-/m0/s1. The summed E-state index contributed by atoms with van der Waals surface area (Å²) in [4.78, 5) is 0. The topological polar surface area (TPSA) is 26.0 Å². The Labute approximate surface area is 86.8 Å². The second kappa shape index (κ2) is 3.37. The van der Waals surface area contributed by atoms with E-state index in [1.807, 2.05) is 0 Å². The average Bonchev–Trinajstić information content (AvgIpc) is 2.39. The molecule has 0 spiro atoms. The highest BCUT2D eigenvalue weighted by molar-refractivity contribution is 5.20. The zero-order chi connectivity index (χ0) is 9.54. The van der Waals surface area contributed by atoms with Gasteiger partial charge in [0.2, 0.25) is 0 Å². The molecule has 0 radical (unpaired) electrons. The minimum atomic E-state index is 0.832. The SMILES string of the molecule is NC[C@H]1C[C@@H]2CC(CC3CCC3)=C[C@H]12. The molecule has 0 bridgehead atoms. The Morgan fingerprint density at radius 1 is 1.36 bits per heavy atom. The van der Waals surface area contributed by atoms with Crippen molar-refractivity contribution in [3.8, 4) is 0 Å². The highest BCUT2D eigenvalue weighted by Gasteiger charge is 2.42. The summed E-state index contributed by atoms with van der Waals surface area (Å²) in [5.74, 6) is 3.77. The molecule has 1 heteroatoms. The van der Waals surface area contributed by atoms with E-state index < -0.39 is 0 Å². The maximum Gasteiger partial charge on any atom is -0.00430 e. The van der Waals surface area contributed by atoms with Crippen molar-refractivity contribution >= 4 is 0 Å². The summed E-state index contributed by atoms with van der Waals surface area (Å²) in [6.45, 7) is 0.911. The van der Waals surface area contributed by atoms with Crippen LogP contribution >= 0.6 is 0 Å². The molecule has 0 aliphatic heterocycles. The number of rotatable bonds is 3. The van der Waals surface area contributed by atoms with Gasteiger partial charge < -0.3 is 5.73 Å². The maximum atomic E-state index is 5.74. The number of fused-ring (bicyclic) bond motifs is 1. The molecule has 2 fully saturated rings. The minimum absolute atomic E-state index is 0.832. The van der Waals surface area contributed by atoms with Crippen molar-refractivity contribution in [1.82, 2.24) is 0 Å². The van der Waals surface area contributed by atoms with Crippen LogP contribution in [0.25, 0.3) is 0 Å². The quantitative estimate of drug-likeness (QED) is 0.682. The first-order valence-corrected chi connectivity index (χ1v) is 6.26. The van der Waals surface area contributed by atoms with Gasteiger partial charge in [0.1, 0.15) is 0 Å². The number of allylic oxidation sites excluding steroid dienone is 2. The van der Waals surface area contributed by atoms with Crippen LogP contribution in [0.3, 0.4) is 0 Å². The highest BCUT2D eigenvalue weighted by Crippen LogP contribution is 2.51. The normalized spacial score (nSPS) is 41.2. The first-order chi connectivity index (χ1) is 6.86. The Balaban J connectivity index is 1.57. The largest absolute Gasteiger partial charge is 0.330 e. The molecule has 0 amide bonds. The molecule has 0 aromatic heterocycles. The van der Waals surface area contributed by atoms with Gasteiger partial charge in [0.15, 0.2) is 0 Å². The second-order valence-corrected chi connectivity index (χ2v) is 5.60. The summed E-state index contributed by atoms with van der Waals surface area (Å²) in [6.07, 6.45) is 11.3. The average molecular weight is 191 g/mol. The molecular formula is C13H21N. The smallest absolute Gasteiger partial charge is 0.00430 e. The van der Waals surface area contributed by atoms with Gasteiger partial charge in [0.25, 0.3) is 0 Å². The molecule has 0 aromatic rings. The third kappa shape index (κ3) is 1.33. The van der Waals surface area contributed by atoms with E-state index in [-0.39, 0.29) is 0 Å². The minimum Gasteiger partial charge on any atom is -0.330 e. The predicted molar refractivity (Wildman–Crippen MR) is 58.8 cm³/mol. The van der Waals surface area contributed by atoms with Gasteiger partial charge in [-0.1, -0.05) is 30.9 Å². The molecule has 3 aliphatic carbocycles. The van der Waals surface area contributed by atoms with E-state index in [2.05, 4.69) is 6.08 Å². The monoisotopic (exact) mass is 191 g/mol.